The normalized spacial score (nSPS) is 25.4. The third-order valence-corrected chi connectivity index (χ3v) is 4.75. The first-order valence-corrected chi connectivity index (χ1v) is 7.59. The zero-order valence-electron chi connectivity index (χ0n) is 11.6. The van der Waals surface area contributed by atoms with E-state index in [0.717, 1.165) is 12.1 Å². The molecule has 0 aliphatic carbocycles. The van der Waals surface area contributed by atoms with Gasteiger partial charge in [0.15, 0.2) is 0 Å². The lowest BCUT2D eigenvalue weighted by Crippen LogP contribution is -2.43. The van der Waals surface area contributed by atoms with Crippen LogP contribution in [0.2, 0.25) is 10.0 Å². The predicted molar refractivity (Wildman–Crippen MR) is 81.4 cm³/mol. The average molecular weight is 316 g/mol. The number of carboxylic acids is 1. The van der Waals surface area contributed by atoms with Crippen LogP contribution in [0.3, 0.4) is 0 Å². The van der Waals surface area contributed by atoms with Crippen molar-refractivity contribution >= 4 is 29.2 Å². The molecule has 1 N–H and O–H groups in total. The first-order valence-electron chi connectivity index (χ1n) is 6.83. The number of hydrogen-bond donors (Lipinski definition) is 1. The summed E-state index contributed by atoms with van der Waals surface area (Å²) in [5, 5.41) is 10.4. The minimum absolute atomic E-state index is 0.157. The van der Waals surface area contributed by atoms with Gasteiger partial charge in [0.25, 0.3) is 0 Å². The number of likely N-dealkylation sites (tertiary alicyclic amines) is 1. The standard InChI is InChI=1S/C15H19Cl2NO2/c1-9-7-11(15(19)20)5-6-18(9)10(2)13-4-3-12(16)8-14(13)17/h3-4,8-11H,5-7H2,1-2H3,(H,19,20). The summed E-state index contributed by atoms with van der Waals surface area (Å²) in [5.74, 6) is -0.914. The number of piperidine rings is 1. The number of hydrogen-bond acceptors (Lipinski definition) is 2. The minimum Gasteiger partial charge on any atom is -0.481 e. The fraction of sp³-hybridized carbons (Fsp3) is 0.533. The van der Waals surface area contributed by atoms with Gasteiger partial charge >= 0.3 is 5.97 Å². The van der Waals surface area contributed by atoms with Crippen LogP contribution in [-0.4, -0.2) is 28.6 Å². The molecule has 3 atom stereocenters. The Balaban J connectivity index is 2.13. The number of nitrogens with zero attached hydrogens (tertiary/aromatic N) is 1. The SMILES string of the molecule is CC1CC(C(=O)O)CCN1C(C)c1ccc(Cl)cc1Cl. The van der Waals surface area contributed by atoms with Gasteiger partial charge in [0, 0.05) is 22.1 Å². The molecule has 2 rings (SSSR count). The Morgan fingerprint density at radius 2 is 2.15 bits per heavy atom. The maximum Gasteiger partial charge on any atom is 0.306 e. The molecule has 5 heteroatoms. The molecular weight excluding hydrogens is 297 g/mol. The van der Waals surface area contributed by atoms with Crippen LogP contribution in [-0.2, 0) is 4.79 Å². The van der Waals surface area contributed by atoms with Crippen LogP contribution in [0.25, 0.3) is 0 Å². The summed E-state index contributed by atoms with van der Waals surface area (Å²) in [6.07, 6.45) is 1.38. The highest BCUT2D eigenvalue weighted by Crippen LogP contribution is 2.34. The van der Waals surface area contributed by atoms with E-state index in [2.05, 4.69) is 18.7 Å². The Bertz CT molecular complexity index is 507. The fourth-order valence-electron chi connectivity index (χ4n) is 3.01. The molecular formula is C15H19Cl2NO2. The number of carbonyl (C=O) groups is 1. The van der Waals surface area contributed by atoms with Crippen LogP contribution in [0.1, 0.15) is 38.3 Å². The molecule has 1 heterocycles. The third kappa shape index (κ3) is 3.27. The molecule has 0 saturated carbocycles. The predicted octanol–water partition coefficient (Wildman–Crippen LogP) is 4.24. The summed E-state index contributed by atoms with van der Waals surface area (Å²) in [5.41, 5.74) is 1.04. The van der Waals surface area contributed by atoms with Crippen LogP contribution in [0.15, 0.2) is 18.2 Å². The molecule has 0 spiro atoms. The van der Waals surface area contributed by atoms with Crippen LogP contribution < -0.4 is 0 Å². The molecule has 1 saturated heterocycles. The summed E-state index contributed by atoms with van der Waals surface area (Å²) in [4.78, 5) is 13.4. The van der Waals surface area contributed by atoms with Gasteiger partial charge in [-0.05, 0) is 50.9 Å². The van der Waals surface area contributed by atoms with E-state index in [0.29, 0.717) is 22.9 Å². The molecule has 1 aromatic carbocycles. The molecule has 0 bridgehead atoms. The van der Waals surface area contributed by atoms with Gasteiger partial charge in [-0.2, -0.15) is 0 Å². The van der Waals surface area contributed by atoms with Gasteiger partial charge in [-0.15, -0.1) is 0 Å². The molecule has 0 amide bonds. The summed E-state index contributed by atoms with van der Waals surface area (Å²) in [6, 6.07) is 5.93. The van der Waals surface area contributed by atoms with Gasteiger partial charge in [-0.3, -0.25) is 9.69 Å². The van der Waals surface area contributed by atoms with E-state index in [1.165, 1.54) is 0 Å². The second kappa shape index (κ2) is 6.33. The Labute approximate surface area is 129 Å². The minimum atomic E-state index is -0.686. The van der Waals surface area contributed by atoms with Crippen molar-refractivity contribution < 1.29 is 9.90 Å². The van der Waals surface area contributed by atoms with Crippen molar-refractivity contribution in [2.75, 3.05) is 6.54 Å². The molecule has 110 valence electrons. The first kappa shape index (κ1) is 15.6. The van der Waals surface area contributed by atoms with Crippen LogP contribution in [0.4, 0.5) is 0 Å². The molecule has 1 aliphatic rings. The molecule has 1 aliphatic heterocycles. The van der Waals surface area contributed by atoms with E-state index in [4.69, 9.17) is 28.3 Å². The van der Waals surface area contributed by atoms with Gasteiger partial charge < -0.3 is 5.11 Å². The quantitative estimate of drug-likeness (QED) is 0.907. The fourth-order valence-corrected chi connectivity index (χ4v) is 3.58. The van der Waals surface area contributed by atoms with Gasteiger partial charge in [0.2, 0.25) is 0 Å². The molecule has 3 nitrogen and oxygen atoms in total. The van der Waals surface area contributed by atoms with E-state index < -0.39 is 5.97 Å². The zero-order chi connectivity index (χ0) is 14.9. The Morgan fingerprint density at radius 1 is 1.45 bits per heavy atom. The molecule has 0 radical (unpaired) electrons. The summed E-state index contributed by atoms with van der Waals surface area (Å²) < 4.78 is 0. The number of rotatable bonds is 3. The second-order valence-corrected chi connectivity index (χ2v) is 6.33. The largest absolute Gasteiger partial charge is 0.481 e. The van der Waals surface area contributed by atoms with Crippen molar-refractivity contribution in [2.45, 2.75) is 38.8 Å². The lowest BCUT2D eigenvalue weighted by Gasteiger charge is -2.40. The highest BCUT2D eigenvalue weighted by Gasteiger charge is 2.32. The van der Waals surface area contributed by atoms with Crippen molar-refractivity contribution in [1.82, 2.24) is 4.90 Å². The van der Waals surface area contributed by atoms with Crippen LogP contribution in [0.5, 0.6) is 0 Å². The Morgan fingerprint density at radius 3 is 2.70 bits per heavy atom. The monoisotopic (exact) mass is 315 g/mol. The maximum atomic E-state index is 11.1. The van der Waals surface area contributed by atoms with Crippen LogP contribution in [0, 0.1) is 5.92 Å². The zero-order valence-corrected chi connectivity index (χ0v) is 13.2. The van der Waals surface area contributed by atoms with E-state index in [1.807, 2.05) is 12.1 Å². The summed E-state index contributed by atoms with van der Waals surface area (Å²) in [6.45, 7) is 4.96. The number of halogens is 2. The van der Waals surface area contributed by atoms with Crippen molar-refractivity contribution in [3.8, 4) is 0 Å². The highest BCUT2D eigenvalue weighted by atomic mass is 35.5. The number of aliphatic carboxylic acids is 1. The summed E-state index contributed by atoms with van der Waals surface area (Å²) in [7, 11) is 0. The van der Waals surface area contributed by atoms with Crippen molar-refractivity contribution in [1.29, 1.82) is 0 Å². The lowest BCUT2D eigenvalue weighted by atomic mass is 9.89. The van der Waals surface area contributed by atoms with Crippen LogP contribution >= 0.6 is 23.2 Å². The lowest BCUT2D eigenvalue weighted by molar-refractivity contribution is -0.144. The molecule has 1 fully saturated rings. The van der Waals surface area contributed by atoms with E-state index in [9.17, 15) is 4.79 Å². The van der Waals surface area contributed by atoms with E-state index in [-0.39, 0.29) is 18.0 Å². The molecule has 1 aromatic rings. The second-order valence-electron chi connectivity index (χ2n) is 5.49. The van der Waals surface area contributed by atoms with Gasteiger partial charge in [-0.1, -0.05) is 29.3 Å². The van der Waals surface area contributed by atoms with Gasteiger partial charge in [0.1, 0.15) is 0 Å². The first-order chi connectivity index (χ1) is 9.40. The van der Waals surface area contributed by atoms with E-state index in [1.54, 1.807) is 6.07 Å². The van der Waals surface area contributed by atoms with Crippen molar-refractivity contribution in [2.24, 2.45) is 5.92 Å². The van der Waals surface area contributed by atoms with Gasteiger partial charge in [0.05, 0.1) is 5.92 Å². The number of carboxylic acid groups (broad SMARTS) is 1. The van der Waals surface area contributed by atoms with E-state index >= 15 is 0 Å². The molecule has 3 unspecified atom stereocenters. The maximum absolute atomic E-state index is 11.1. The average Bonchev–Trinajstić information content (AvgIpc) is 2.37. The Hall–Kier alpha value is -0.770. The summed E-state index contributed by atoms with van der Waals surface area (Å²) >= 11 is 12.2. The third-order valence-electron chi connectivity index (χ3n) is 4.19. The molecule has 0 aromatic heterocycles. The smallest absolute Gasteiger partial charge is 0.306 e. The van der Waals surface area contributed by atoms with Gasteiger partial charge in [-0.25, -0.2) is 0 Å². The van der Waals surface area contributed by atoms with Crippen molar-refractivity contribution in [3.63, 3.8) is 0 Å². The highest BCUT2D eigenvalue weighted by molar-refractivity contribution is 6.35. The molecule has 20 heavy (non-hydrogen) atoms. The topological polar surface area (TPSA) is 40.5 Å². The Kier molecular flexibility index (Phi) is 4.95. The number of benzene rings is 1. The van der Waals surface area contributed by atoms with Crippen molar-refractivity contribution in [3.05, 3.63) is 33.8 Å².